The zero-order chi connectivity index (χ0) is 24.7. The van der Waals surface area contributed by atoms with Crippen LogP contribution in [0.15, 0.2) is 74.7 Å². The number of ether oxygens (including phenoxy) is 1. The third-order valence-electron chi connectivity index (χ3n) is 4.40. The largest absolute Gasteiger partial charge is 0.486 e. The molecule has 0 heterocycles. The Morgan fingerprint density at radius 1 is 1.06 bits per heavy atom. The Hall–Kier alpha value is -2.56. The second-order valence-corrected chi connectivity index (χ2v) is 9.03. The fourth-order valence-electron chi connectivity index (χ4n) is 2.76. The van der Waals surface area contributed by atoms with E-state index < -0.39 is 17.6 Å². The van der Waals surface area contributed by atoms with Crippen molar-refractivity contribution in [1.82, 2.24) is 5.43 Å². The summed E-state index contributed by atoms with van der Waals surface area (Å²) in [5, 5.41) is 7.13. The SMILES string of the molecule is O=C(CNc1cccc(C(F)(F)F)c1)N/N=C\c1cc(Br)c(OCc2ccccc2Cl)c(Br)c1. The van der Waals surface area contributed by atoms with Crippen LogP contribution in [0.25, 0.3) is 0 Å². The molecule has 3 aromatic carbocycles. The van der Waals surface area contributed by atoms with Gasteiger partial charge in [0.05, 0.1) is 27.3 Å². The number of carbonyl (C=O) groups is 1. The van der Waals surface area contributed by atoms with Crippen LogP contribution in [-0.2, 0) is 17.6 Å². The topological polar surface area (TPSA) is 62.7 Å². The molecule has 0 aliphatic rings. The van der Waals surface area contributed by atoms with Crippen LogP contribution in [0.4, 0.5) is 18.9 Å². The summed E-state index contributed by atoms with van der Waals surface area (Å²) in [6.45, 7) is 0.0279. The van der Waals surface area contributed by atoms with Gasteiger partial charge in [0.15, 0.2) is 0 Å². The summed E-state index contributed by atoms with van der Waals surface area (Å²) in [6.07, 6.45) is -3.03. The average molecular weight is 620 g/mol. The number of nitrogens with one attached hydrogen (secondary N) is 2. The minimum Gasteiger partial charge on any atom is -0.486 e. The van der Waals surface area contributed by atoms with Gasteiger partial charge in [-0.2, -0.15) is 18.3 Å². The van der Waals surface area contributed by atoms with Crippen molar-refractivity contribution in [3.63, 3.8) is 0 Å². The average Bonchev–Trinajstić information content (AvgIpc) is 2.78. The molecule has 0 atom stereocenters. The van der Waals surface area contributed by atoms with Gasteiger partial charge in [-0.3, -0.25) is 4.79 Å². The first kappa shape index (κ1) is 26.1. The van der Waals surface area contributed by atoms with Crippen molar-refractivity contribution < 1.29 is 22.7 Å². The number of anilines is 1. The molecule has 0 saturated carbocycles. The molecule has 0 radical (unpaired) electrons. The number of hydrogen-bond acceptors (Lipinski definition) is 4. The Labute approximate surface area is 215 Å². The molecule has 11 heteroatoms. The molecule has 0 aliphatic heterocycles. The maximum Gasteiger partial charge on any atom is 0.416 e. The van der Waals surface area contributed by atoms with E-state index in [0.29, 0.717) is 25.3 Å². The highest BCUT2D eigenvalue weighted by atomic mass is 79.9. The van der Waals surface area contributed by atoms with Gasteiger partial charge in [-0.15, -0.1) is 0 Å². The molecule has 0 fully saturated rings. The van der Waals surface area contributed by atoms with E-state index >= 15 is 0 Å². The van der Waals surface area contributed by atoms with Gasteiger partial charge in [0.25, 0.3) is 5.91 Å². The lowest BCUT2D eigenvalue weighted by atomic mass is 10.2. The predicted octanol–water partition coefficient (Wildman–Crippen LogP) is 7.03. The Bertz CT molecular complexity index is 1180. The van der Waals surface area contributed by atoms with E-state index in [1.54, 1.807) is 18.2 Å². The third-order valence-corrected chi connectivity index (χ3v) is 5.94. The molecule has 2 N–H and O–H groups in total. The summed E-state index contributed by atoms with van der Waals surface area (Å²) < 4.78 is 45.5. The number of rotatable bonds is 8. The fourth-order valence-corrected chi connectivity index (χ4v) is 4.40. The van der Waals surface area contributed by atoms with Gasteiger partial charge in [-0.1, -0.05) is 35.9 Å². The second kappa shape index (κ2) is 11.7. The first-order valence-electron chi connectivity index (χ1n) is 9.72. The number of hydrogen-bond donors (Lipinski definition) is 2. The van der Waals surface area contributed by atoms with Crippen molar-refractivity contribution in [3.8, 4) is 5.75 Å². The van der Waals surface area contributed by atoms with Crippen LogP contribution in [0, 0.1) is 0 Å². The minimum absolute atomic E-state index is 0.175. The molecule has 3 aromatic rings. The van der Waals surface area contributed by atoms with Gasteiger partial charge in [0, 0.05) is 16.3 Å². The molecule has 0 unspecified atom stereocenters. The molecule has 5 nitrogen and oxygen atoms in total. The van der Waals surface area contributed by atoms with Crippen molar-refractivity contribution in [2.75, 3.05) is 11.9 Å². The Kier molecular flexibility index (Phi) is 8.98. The summed E-state index contributed by atoms with van der Waals surface area (Å²) >= 11 is 13.1. The van der Waals surface area contributed by atoms with Crippen molar-refractivity contribution in [1.29, 1.82) is 0 Å². The quantitative estimate of drug-likeness (QED) is 0.210. The van der Waals surface area contributed by atoms with E-state index in [1.165, 1.54) is 18.3 Å². The Morgan fingerprint density at radius 2 is 1.76 bits per heavy atom. The van der Waals surface area contributed by atoms with Gasteiger partial charge in [-0.25, -0.2) is 5.43 Å². The molecule has 178 valence electrons. The van der Waals surface area contributed by atoms with Crippen molar-refractivity contribution in [3.05, 3.63) is 91.3 Å². The normalized spacial score (nSPS) is 11.5. The zero-order valence-electron chi connectivity index (χ0n) is 17.3. The Morgan fingerprint density at radius 3 is 2.44 bits per heavy atom. The highest BCUT2D eigenvalue weighted by molar-refractivity contribution is 9.11. The molecule has 34 heavy (non-hydrogen) atoms. The first-order chi connectivity index (χ1) is 16.1. The van der Waals surface area contributed by atoms with Crippen LogP contribution in [-0.4, -0.2) is 18.7 Å². The van der Waals surface area contributed by atoms with Crippen LogP contribution in [0.2, 0.25) is 5.02 Å². The standard InChI is InChI=1S/C23H17Br2ClF3N3O2/c24-18-8-14(9-19(25)22(18)34-13-15-4-1-2-7-20(15)26)11-31-32-21(33)12-30-17-6-3-5-16(10-17)23(27,28)29/h1-11,30H,12-13H2,(H,32,33)/b31-11-. The number of benzene rings is 3. The van der Waals surface area contributed by atoms with Crippen LogP contribution in [0.1, 0.15) is 16.7 Å². The maximum atomic E-state index is 12.8. The third kappa shape index (κ3) is 7.48. The molecule has 3 rings (SSSR count). The molecular formula is C23H17Br2ClF3N3O2. The summed E-state index contributed by atoms with van der Waals surface area (Å²) in [7, 11) is 0. The van der Waals surface area contributed by atoms with E-state index in [9.17, 15) is 18.0 Å². The molecule has 0 bridgehead atoms. The number of carbonyl (C=O) groups excluding carboxylic acids is 1. The van der Waals surface area contributed by atoms with Crippen LogP contribution in [0.3, 0.4) is 0 Å². The smallest absolute Gasteiger partial charge is 0.416 e. The van der Waals surface area contributed by atoms with E-state index in [-0.39, 0.29) is 18.8 Å². The summed E-state index contributed by atoms with van der Waals surface area (Å²) in [6, 6.07) is 15.5. The number of halogens is 6. The fraction of sp³-hybridized carbons (Fsp3) is 0.130. The van der Waals surface area contributed by atoms with E-state index in [0.717, 1.165) is 17.7 Å². The minimum atomic E-state index is -4.46. The monoisotopic (exact) mass is 617 g/mol. The van der Waals surface area contributed by atoms with Gasteiger partial charge in [-0.05, 0) is 73.8 Å². The number of hydrazone groups is 1. The predicted molar refractivity (Wildman–Crippen MR) is 133 cm³/mol. The van der Waals surface area contributed by atoms with Crippen molar-refractivity contribution in [2.24, 2.45) is 5.10 Å². The lowest BCUT2D eigenvalue weighted by molar-refractivity contribution is -0.137. The van der Waals surface area contributed by atoms with Gasteiger partial charge in [0.1, 0.15) is 12.4 Å². The van der Waals surface area contributed by atoms with Crippen LogP contribution < -0.4 is 15.5 Å². The van der Waals surface area contributed by atoms with E-state index in [1.807, 2.05) is 18.2 Å². The maximum absolute atomic E-state index is 12.8. The van der Waals surface area contributed by atoms with Crippen molar-refractivity contribution in [2.45, 2.75) is 12.8 Å². The number of amides is 1. The summed E-state index contributed by atoms with van der Waals surface area (Å²) in [5.41, 5.74) is 3.20. The highest BCUT2D eigenvalue weighted by Gasteiger charge is 2.30. The van der Waals surface area contributed by atoms with Crippen LogP contribution >= 0.6 is 43.5 Å². The molecule has 0 aliphatic carbocycles. The molecule has 0 aromatic heterocycles. The zero-order valence-corrected chi connectivity index (χ0v) is 21.2. The molecule has 1 amide bonds. The van der Waals surface area contributed by atoms with E-state index in [2.05, 4.69) is 47.7 Å². The van der Waals surface area contributed by atoms with Gasteiger partial charge in [0.2, 0.25) is 0 Å². The van der Waals surface area contributed by atoms with Crippen LogP contribution in [0.5, 0.6) is 5.75 Å². The number of alkyl halides is 3. The van der Waals surface area contributed by atoms with Crippen molar-refractivity contribution >= 4 is 61.3 Å². The first-order valence-corrected chi connectivity index (χ1v) is 11.7. The second-order valence-electron chi connectivity index (χ2n) is 6.92. The lowest BCUT2D eigenvalue weighted by Crippen LogP contribution is -2.26. The van der Waals surface area contributed by atoms with Gasteiger partial charge < -0.3 is 10.1 Å². The summed E-state index contributed by atoms with van der Waals surface area (Å²) in [4.78, 5) is 12.0. The number of nitrogens with zero attached hydrogens (tertiary/aromatic N) is 1. The molecule has 0 spiro atoms. The lowest BCUT2D eigenvalue weighted by Gasteiger charge is -2.12. The summed E-state index contributed by atoms with van der Waals surface area (Å²) in [5.74, 6) is 0.0536. The Balaban J connectivity index is 1.54. The van der Waals surface area contributed by atoms with E-state index in [4.69, 9.17) is 16.3 Å². The molecule has 0 saturated heterocycles. The highest BCUT2D eigenvalue weighted by Crippen LogP contribution is 2.35. The molecular weight excluding hydrogens is 603 g/mol. The van der Waals surface area contributed by atoms with Gasteiger partial charge >= 0.3 is 6.18 Å².